The lowest BCUT2D eigenvalue weighted by Crippen LogP contribution is -2.46. The second kappa shape index (κ2) is 10.7. The Hall–Kier alpha value is -3.74. The Kier molecular flexibility index (Phi) is 7.22. The van der Waals surface area contributed by atoms with Crippen LogP contribution in [0, 0.1) is 11.2 Å². The lowest BCUT2D eigenvalue weighted by Gasteiger charge is -2.34. The minimum Gasteiger partial charge on any atom is -0.369 e. The number of nitrogens with zero attached hydrogens (tertiary/aromatic N) is 5. The van der Waals surface area contributed by atoms with E-state index in [-0.39, 0.29) is 19.0 Å². The van der Waals surface area contributed by atoms with E-state index < -0.39 is 17.6 Å². The Labute approximate surface area is 213 Å². The summed E-state index contributed by atoms with van der Waals surface area (Å²) in [5, 5.41) is 3.27. The van der Waals surface area contributed by atoms with E-state index >= 15 is 0 Å². The highest BCUT2D eigenvalue weighted by Gasteiger charge is 2.39. The molecule has 2 aromatic heterocycles. The van der Waals surface area contributed by atoms with Gasteiger partial charge in [0.1, 0.15) is 5.82 Å². The monoisotopic (exact) mass is 508 g/mol. The van der Waals surface area contributed by atoms with Gasteiger partial charge in [0.05, 0.1) is 42.4 Å². The fraction of sp³-hybridized carbons (Fsp3) is 0.400. The number of aromatic amines is 1. The lowest BCUT2D eigenvalue weighted by molar-refractivity contribution is -0.230. The number of imidazole rings is 1. The molecule has 1 fully saturated rings. The van der Waals surface area contributed by atoms with Crippen LogP contribution in [0.15, 0.2) is 41.5 Å². The van der Waals surface area contributed by atoms with Crippen molar-refractivity contribution in [2.45, 2.75) is 19.6 Å². The molecule has 1 amide bonds. The Morgan fingerprint density at radius 3 is 2.73 bits per heavy atom. The molecular formula is C25H29FN8O3. The summed E-state index contributed by atoms with van der Waals surface area (Å²) in [7, 11) is 0. The zero-order valence-corrected chi connectivity index (χ0v) is 20.5. The molecule has 2 aliphatic heterocycles. The van der Waals surface area contributed by atoms with Gasteiger partial charge < -0.3 is 25.5 Å². The number of carbonyl (C=O) groups excluding carboxylic acids is 1. The molecule has 0 unspecified atom stereocenters. The largest absolute Gasteiger partial charge is 0.369 e. The van der Waals surface area contributed by atoms with E-state index in [9.17, 15) is 9.18 Å². The quantitative estimate of drug-likeness (QED) is 0.374. The van der Waals surface area contributed by atoms with Gasteiger partial charge in [-0.3, -0.25) is 14.7 Å². The van der Waals surface area contributed by atoms with E-state index in [0.29, 0.717) is 41.0 Å². The number of halogens is 1. The predicted octanol–water partition coefficient (Wildman–Crippen LogP) is 2.36. The maximum absolute atomic E-state index is 13.6. The molecule has 194 valence electrons. The van der Waals surface area contributed by atoms with Gasteiger partial charge in [-0.15, -0.1) is 0 Å². The average molecular weight is 509 g/mol. The molecule has 11 nitrogen and oxygen atoms in total. The summed E-state index contributed by atoms with van der Waals surface area (Å²) in [6.45, 7) is 5.16. The van der Waals surface area contributed by atoms with Gasteiger partial charge >= 0.3 is 0 Å². The van der Waals surface area contributed by atoms with Crippen LogP contribution in [-0.2, 0) is 14.3 Å². The van der Waals surface area contributed by atoms with Gasteiger partial charge in [-0.2, -0.15) is 0 Å². The summed E-state index contributed by atoms with van der Waals surface area (Å²) in [5.41, 5.74) is 7.03. The number of carbonyl (C=O) groups is 1. The van der Waals surface area contributed by atoms with Crippen LogP contribution in [0.1, 0.15) is 25.5 Å². The number of nitrogens with two attached hydrogens (primary N) is 1. The topological polar surface area (TPSA) is 144 Å². The first-order valence-corrected chi connectivity index (χ1v) is 12.1. The first-order chi connectivity index (χ1) is 17.9. The molecule has 37 heavy (non-hydrogen) atoms. The summed E-state index contributed by atoms with van der Waals surface area (Å²) in [4.78, 5) is 35.2. The fourth-order valence-electron chi connectivity index (χ4n) is 4.07. The third kappa shape index (κ3) is 5.66. The Balaban J connectivity index is 1.36. The van der Waals surface area contributed by atoms with Gasteiger partial charge in [0.2, 0.25) is 18.1 Å². The average Bonchev–Trinajstić information content (AvgIpc) is 3.58. The van der Waals surface area contributed by atoms with Crippen molar-refractivity contribution < 1.29 is 18.7 Å². The first kappa shape index (κ1) is 24.9. The van der Waals surface area contributed by atoms with Gasteiger partial charge in [-0.05, 0) is 43.7 Å². The highest BCUT2D eigenvalue weighted by molar-refractivity contribution is 5.81. The van der Waals surface area contributed by atoms with E-state index in [1.165, 1.54) is 12.1 Å². The zero-order chi connectivity index (χ0) is 25.8. The number of anilines is 1. The van der Waals surface area contributed by atoms with Gasteiger partial charge in [-0.25, -0.2) is 19.3 Å². The Morgan fingerprint density at radius 1 is 1.24 bits per heavy atom. The highest BCUT2D eigenvalue weighted by Crippen LogP contribution is 2.35. The van der Waals surface area contributed by atoms with E-state index in [1.54, 1.807) is 31.3 Å². The smallest absolute Gasteiger partial charge is 0.228 e. The van der Waals surface area contributed by atoms with Crippen LogP contribution in [0.5, 0.6) is 0 Å². The molecule has 1 aromatic carbocycles. The van der Waals surface area contributed by atoms with E-state index in [0.717, 1.165) is 26.2 Å². The molecular weight excluding hydrogens is 479 g/mol. The van der Waals surface area contributed by atoms with E-state index in [1.807, 2.05) is 6.21 Å². The number of amides is 1. The van der Waals surface area contributed by atoms with Crippen LogP contribution in [0.25, 0.3) is 22.6 Å². The van der Waals surface area contributed by atoms with Crippen molar-refractivity contribution in [2.75, 3.05) is 44.8 Å². The lowest BCUT2D eigenvalue weighted by atomic mass is 9.91. The molecule has 2 aliphatic rings. The zero-order valence-electron chi connectivity index (χ0n) is 20.5. The summed E-state index contributed by atoms with van der Waals surface area (Å²) >= 11 is 0. The van der Waals surface area contributed by atoms with Crippen molar-refractivity contribution in [3.05, 3.63) is 48.2 Å². The highest BCUT2D eigenvalue weighted by atomic mass is 19.1. The molecule has 4 N–H and O–H groups in total. The summed E-state index contributed by atoms with van der Waals surface area (Å²) in [5.74, 6) is 0.0493. The third-order valence-electron chi connectivity index (χ3n) is 6.36. The van der Waals surface area contributed by atoms with E-state index in [4.69, 9.17) is 20.2 Å². The Morgan fingerprint density at radius 2 is 2.03 bits per heavy atom. The minimum absolute atomic E-state index is 0.0973. The maximum atomic E-state index is 13.6. The van der Waals surface area contributed by atoms with Gasteiger partial charge in [0.25, 0.3) is 0 Å². The molecule has 0 bridgehead atoms. The number of benzene rings is 1. The van der Waals surface area contributed by atoms with Crippen LogP contribution in [0.2, 0.25) is 0 Å². The van der Waals surface area contributed by atoms with Crippen LogP contribution in [0.3, 0.4) is 0 Å². The third-order valence-corrected chi connectivity index (χ3v) is 6.36. The number of aliphatic imine (C=N–C) groups is 1. The van der Waals surface area contributed by atoms with Gasteiger partial charge in [0, 0.05) is 37.6 Å². The number of H-pyrrole nitrogens is 1. The molecule has 1 saturated heterocycles. The first-order valence-electron chi connectivity index (χ1n) is 12.1. The molecule has 0 spiro atoms. The van der Waals surface area contributed by atoms with Crippen LogP contribution in [-0.4, -0.2) is 76.5 Å². The second-order valence-electron chi connectivity index (χ2n) is 9.36. The van der Waals surface area contributed by atoms with Gasteiger partial charge in [-0.1, -0.05) is 0 Å². The van der Waals surface area contributed by atoms with Crippen molar-refractivity contribution >= 4 is 18.1 Å². The van der Waals surface area contributed by atoms with Gasteiger partial charge in [0.15, 0.2) is 5.82 Å². The maximum Gasteiger partial charge on any atom is 0.228 e. The minimum atomic E-state index is -0.916. The van der Waals surface area contributed by atoms with Crippen LogP contribution >= 0.6 is 0 Å². The molecule has 0 saturated carbocycles. The number of hydrogen-bond acceptors (Lipinski definition) is 9. The van der Waals surface area contributed by atoms with Crippen LogP contribution in [0.4, 0.5) is 10.3 Å². The molecule has 12 heteroatoms. The fourth-order valence-corrected chi connectivity index (χ4v) is 4.07. The molecule has 0 radical (unpaired) electrons. The molecule has 0 aliphatic carbocycles. The van der Waals surface area contributed by atoms with Crippen molar-refractivity contribution in [1.82, 2.24) is 24.8 Å². The number of nitrogens with one attached hydrogen (secondary N) is 2. The molecule has 3 aromatic rings. The normalized spacial score (nSPS) is 21.8. The number of rotatable bonds is 9. The Bertz CT molecular complexity index is 1260. The molecule has 5 rings (SSSR count). The van der Waals surface area contributed by atoms with Crippen LogP contribution < -0.4 is 11.1 Å². The number of aromatic nitrogens is 4. The predicted molar refractivity (Wildman–Crippen MR) is 135 cm³/mol. The number of primary amides is 1. The number of ether oxygens (including phenoxy) is 2. The SMILES string of the molecule is CC1(C(N)=O)COC(c2nc(-c3ccc(F)cc3)c(-c3ccnc(NCCCN4CC=NC4)n3)[nH]2)OC1. The van der Waals surface area contributed by atoms with Crippen molar-refractivity contribution in [1.29, 1.82) is 0 Å². The summed E-state index contributed by atoms with van der Waals surface area (Å²) in [6, 6.07) is 7.81. The second-order valence-corrected chi connectivity index (χ2v) is 9.36. The summed E-state index contributed by atoms with van der Waals surface area (Å²) in [6.07, 6.45) is 3.69. The van der Waals surface area contributed by atoms with Crippen molar-refractivity contribution in [3.63, 3.8) is 0 Å². The standard InChI is InChI=1S/C25H29FN8O3/c1-25(23(27)35)13-36-22(37-14-25)21-32-19(16-3-5-17(26)6-4-16)20(33-21)18-7-9-30-24(31-18)29-8-2-11-34-12-10-28-15-34/h3-7,9-10,22H,2,8,11-15H2,1H3,(H2,27,35)(H,32,33)(H,29,30,31). The number of hydrogen-bond donors (Lipinski definition) is 3. The van der Waals surface area contributed by atoms with E-state index in [2.05, 4.69) is 30.2 Å². The summed E-state index contributed by atoms with van der Waals surface area (Å²) < 4.78 is 25.2. The molecule has 4 heterocycles. The van der Waals surface area contributed by atoms with Crippen molar-refractivity contribution in [2.24, 2.45) is 16.1 Å². The van der Waals surface area contributed by atoms with Crippen molar-refractivity contribution in [3.8, 4) is 22.6 Å². The molecule has 0 atom stereocenters.